The van der Waals surface area contributed by atoms with E-state index in [2.05, 4.69) is 10.0 Å². The van der Waals surface area contributed by atoms with Crippen molar-refractivity contribution in [3.63, 3.8) is 0 Å². The quantitative estimate of drug-likeness (QED) is 0.573. The standard InChI is InChI=1S/C23H24N2O4S/c1-4-29-20-12-8-18(9-13-20)23(26)24-19-10-14-21(15-11-19)30(27,28)25-22-16(2)6-5-7-17(22)3/h5-15,25H,4H2,1-3H3,(H,24,26). The molecule has 0 atom stereocenters. The molecule has 0 saturated carbocycles. The van der Waals surface area contributed by atoms with Crippen molar-refractivity contribution in [3.8, 4) is 5.75 Å². The van der Waals surface area contributed by atoms with E-state index >= 15 is 0 Å². The lowest BCUT2D eigenvalue weighted by Crippen LogP contribution is -2.15. The smallest absolute Gasteiger partial charge is 0.261 e. The lowest BCUT2D eigenvalue weighted by molar-refractivity contribution is 0.102. The predicted octanol–water partition coefficient (Wildman–Crippen LogP) is 4.76. The van der Waals surface area contributed by atoms with Crippen molar-refractivity contribution in [2.24, 2.45) is 0 Å². The van der Waals surface area contributed by atoms with Gasteiger partial charge in [-0.25, -0.2) is 8.42 Å². The average molecular weight is 425 g/mol. The van der Waals surface area contributed by atoms with Crippen LogP contribution >= 0.6 is 0 Å². The molecular weight excluding hydrogens is 400 g/mol. The first-order valence-electron chi connectivity index (χ1n) is 9.53. The van der Waals surface area contributed by atoms with Crippen LogP contribution in [0.3, 0.4) is 0 Å². The summed E-state index contributed by atoms with van der Waals surface area (Å²) in [5, 5.41) is 2.76. The van der Waals surface area contributed by atoms with Crippen LogP contribution in [-0.4, -0.2) is 20.9 Å². The molecule has 0 fully saturated rings. The molecule has 1 amide bonds. The topological polar surface area (TPSA) is 84.5 Å². The summed E-state index contributed by atoms with van der Waals surface area (Å²) in [5.74, 6) is 0.405. The van der Waals surface area contributed by atoms with Crippen LogP contribution in [-0.2, 0) is 10.0 Å². The summed E-state index contributed by atoms with van der Waals surface area (Å²) >= 11 is 0. The van der Waals surface area contributed by atoms with Gasteiger partial charge in [0, 0.05) is 11.3 Å². The number of hydrogen-bond donors (Lipinski definition) is 2. The van der Waals surface area contributed by atoms with Gasteiger partial charge in [-0.1, -0.05) is 18.2 Å². The Kier molecular flexibility index (Phi) is 6.42. The Hall–Kier alpha value is -3.32. The van der Waals surface area contributed by atoms with Crippen molar-refractivity contribution in [3.05, 3.63) is 83.4 Å². The third kappa shape index (κ3) is 4.99. The molecule has 3 aromatic carbocycles. The minimum Gasteiger partial charge on any atom is -0.494 e. The summed E-state index contributed by atoms with van der Waals surface area (Å²) in [6.45, 7) is 6.15. The molecule has 0 heterocycles. The van der Waals surface area contributed by atoms with E-state index in [4.69, 9.17) is 4.74 Å². The number of anilines is 2. The molecule has 0 aliphatic rings. The van der Waals surface area contributed by atoms with Gasteiger partial charge in [0.15, 0.2) is 0 Å². The zero-order chi connectivity index (χ0) is 21.7. The van der Waals surface area contributed by atoms with E-state index in [1.54, 1.807) is 36.4 Å². The van der Waals surface area contributed by atoms with Crippen LogP contribution in [0.15, 0.2) is 71.6 Å². The molecule has 0 bridgehead atoms. The van der Waals surface area contributed by atoms with Gasteiger partial charge in [-0.3, -0.25) is 9.52 Å². The van der Waals surface area contributed by atoms with Crippen LogP contribution in [0.25, 0.3) is 0 Å². The van der Waals surface area contributed by atoms with E-state index in [0.29, 0.717) is 29.3 Å². The minimum absolute atomic E-state index is 0.115. The number of carbonyl (C=O) groups excluding carboxylic acids is 1. The van der Waals surface area contributed by atoms with Gasteiger partial charge in [-0.2, -0.15) is 0 Å². The van der Waals surface area contributed by atoms with Crippen LogP contribution in [0.5, 0.6) is 5.75 Å². The van der Waals surface area contributed by atoms with E-state index in [1.807, 2.05) is 39.0 Å². The number of nitrogens with one attached hydrogen (secondary N) is 2. The Morgan fingerprint density at radius 1 is 0.900 bits per heavy atom. The maximum Gasteiger partial charge on any atom is 0.261 e. The second kappa shape index (κ2) is 9.00. The van der Waals surface area contributed by atoms with Crippen molar-refractivity contribution in [1.82, 2.24) is 0 Å². The SMILES string of the molecule is CCOc1ccc(C(=O)Nc2ccc(S(=O)(=O)Nc3c(C)cccc3C)cc2)cc1. The van der Waals surface area contributed by atoms with Crippen molar-refractivity contribution < 1.29 is 17.9 Å². The fourth-order valence-electron chi connectivity index (χ4n) is 2.96. The minimum atomic E-state index is -3.74. The summed E-state index contributed by atoms with van der Waals surface area (Å²) in [4.78, 5) is 12.5. The molecule has 30 heavy (non-hydrogen) atoms. The average Bonchev–Trinajstić information content (AvgIpc) is 2.72. The van der Waals surface area contributed by atoms with Crippen molar-refractivity contribution in [2.45, 2.75) is 25.7 Å². The molecule has 2 N–H and O–H groups in total. The van der Waals surface area contributed by atoms with Gasteiger partial charge in [0.2, 0.25) is 0 Å². The number of hydrogen-bond acceptors (Lipinski definition) is 4. The number of amides is 1. The predicted molar refractivity (Wildman–Crippen MR) is 119 cm³/mol. The zero-order valence-electron chi connectivity index (χ0n) is 17.1. The highest BCUT2D eigenvalue weighted by molar-refractivity contribution is 7.92. The Bertz CT molecular complexity index is 1120. The molecule has 7 heteroatoms. The number of rotatable bonds is 7. The highest BCUT2D eigenvalue weighted by Gasteiger charge is 2.17. The van der Waals surface area contributed by atoms with Crippen LogP contribution in [0.1, 0.15) is 28.4 Å². The molecule has 0 saturated heterocycles. The molecular formula is C23H24N2O4S. The van der Waals surface area contributed by atoms with E-state index in [1.165, 1.54) is 12.1 Å². The first-order chi connectivity index (χ1) is 14.3. The fourth-order valence-corrected chi connectivity index (χ4v) is 4.16. The van der Waals surface area contributed by atoms with E-state index < -0.39 is 10.0 Å². The molecule has 0 aliphatic heterocycles. The van der Waals surface area contributed by atoms with Crippen molar-refractivity contribution >= 4 is 27.3 Å². The first-order valence-corrected chi connectivity index (χ1v) is 11.0. The van der Waals surface area contributed by atoms with Gasteiger partial charge in [-0.05, 0) is 80.4 Å². The normalized spacial score (nSPS) is 11.0. The number of benzene rings is 3. The molecule has 3 rings (SSSR count). The number of sulfonamides is 1. The zero-order valence-corrected chi connectivity index (χ0v) is 17.9. The summed E-state index contributed by atoms with van der Waals surface area (Å²) < 4.78 is 33.5. The van der Waals surface area contributed by atoms with Gasteiger partial charge in [0.05, 0.1) is 17.2 Å². The van der Waals surface area contributed by atoms with Crippen LogP contribution in [0, 0.1) is 13.8 Å². The molecule has 0 radical (unpaired) electrons. The van der Waals surface area contributed by atoms with Crippen LogP contribution < -0.4 is 14.8 Å². The van der Waals surface area contributed by atoms with E-state index in [9.17, 15) is 13.2 Å². The highest BCUT2D eigenvalue weighted by Crippen LogP contribution is 2.24. The molecule has 0 aliphatic carbocycles. The maximum absolute atomic E-state index is 12.7. The van der Waals surface area contributed by atoms with Crippen molar-refractivity contribution in [2.75, 3.05) is 16.6 Å². The third-order valence-electron chi connectivity index (χ3n) is 4.57. The third-order valence-corrected chi connectivity index (χ3v) is 5.93. The molecule has 6 nitrogen and oxygen atoms in total. The lowest BCUT2D eigenvalue weighted by Gasteiger charge is -2.13. The number of ether oxygens (including phenoxy) is 1. The van der Waals surface area contributed by atoms with Gasteiger partial charge < -0.3 is 10.1 Å². The van der Waals surface area contributed by atoms with E-state index in [0.717, 1.165) is 11.1 Å². The molecule has 3 aromatic rings. The summed E-state index contributed by atoms with van der Waals surface area (Å²) in [6, 6.07) is 18.4. The lowest BCUT2D eigenvalue weighted by atomic mass is 10.1. The Labute approximate surface area is 177 Å². The number of para-hydroxylation sites is 1. The van der Waals surface area contributed by atoms with Gasteiger partial charge in [-0.15, -0.1) is 0 Å². The van der Waals surface area contributed by atoms with Gasteiger partial charge >= 0.3 is 0 Å². The Morgan fingerprint density at radius 3 is 2.07 bits per heavy atom. The number of carbonyl (C=O) groups is 1. The fraction of sp³-hybridized carbons (Fsp3) is 0.174. The molecule has 0 unspecified atom stereocenters. The first kappa shape index (κ1) is 21.4. The van der Waals surface area contributed by atoms with Crippen LogP contribution in [0.4, 0.5) is 11.4 Å². The maximum atomic E-state index is 12.7. The van der Waals surface area contributed by atoms with Crippen LogP contribution in [0.2, 0.25) is 0 Å². The van der Waals surface area contributed by atoms with Gasteiger partial charge in [0.1, 0.15) is 5.75 Å². The van der Waals surface area contributed by atoms with Gasteiger partial charge in [0.25, 0.3) is 15.9 Å². The largest absolute Gasteiger partial charge is 0.494 e. The Morgan fingerprint density at radius 2 is 1.50 bits per heavy atom. The molecule has 0 aromatic heterocycles. The summed E-state index contributed by atoms with van der Waals surface area (Å²) in [5.41, 5.74) is 3.24. The second-order valence-corrected chi connectivity index (χ2v) is 8.49. The second-order valence-electron chi connectivity index (χ2n) is 6.81. The summed E-state index contributed by atoms with van der Waals surface area (Å²) in [7, 11) is -3.74. The Balaban J connectivity index is 1.71. The molecule has 156 valence electrons. The monoisotopic (exact) mass is 424 g/mol. The molecule has 0 spiro atoms. The van der Waals surface area contributed by atoms with E-state index in [-0.39, 0.29) is 10.8 Å². The van der Waals surface area contributed by atoms with Crippen molar-refractivity contribution in [1.29, 1.82) is 0 Å². The summed E-state index contributed by atoms with van der Waals surface area (Å²) in [6.07, 6.45) is 0. The number of aryl methyl sites for hydroxylation is 2. The highest BCUT2D eigenvalue weighted by atomic mass is 32.2.